The molecule has 3 aromatic carbocycles. The van der Waals surface area contributed by atoms with Gasteiger partial charge in [-0.2, -0.15) is 4.31 Å². The quantitative estimate of drug-likeness (QED) is 0.488. The molecular weight excluding hydrogens is 480 g/mol. The van der Waals surface area contributed by atoms with Crippen LogP contribution in [0.1, 0.15) is 11.1 Å². The maximum absolute atomic E-state index is 13.3. The molecular formula is C23H23BrN2O4S. The molecule has 0 aliphatic carbocycles. The van der Waals surface area contributed by atoms with Gasteiger partial charge in [0.15, 0.2) is 0 Å². The Hall–Kier alpha value is -2.68. The molecule has 1 amide bonds. The lowest BCUT2D eigenvalue weighted by atomic mass is 10.2. The molecule has 31 heavy (non-hydrogen) atoms. The van der Waals surface area contributed by atoms with Crippen molar-refractivity contribution in [3.63, 3.8) is 0 Å². The van der Waals surface area contributed by atoms with Crippen molar-refractivity contribution in [2.45, 2.75) is 18.4 Å². The normalized spacial score (nSPS) is 11.4. The fourth-order valence-electron chi connectivity index (χ4n) is 3.04. The van der Waals surface area contributed by atoms with E-state index in [9.17, 15) is 13.2 Å². The van der Waals surface area contributed by atoms with Crippen LogP contribution in [0.3, 0.4) is 0 Å². The number of nitrogens with one attached hydrogen (secondary N) is 1. The summed E-state index contributed by atoms with van der Waals surface area (Å²) in [6.07, 6.45) is 0. The Morgan fingerprint density at radius 1 is 1.03 bits per heavy atom. The number of ether oxygens (including phenoxy) is 1. The summed E-state index contributed by atoms with van der Waals surface area (Å²) < 4.78 is 33.9. The Balaban J connectivity index is 1.88. The van der Waals surface area contributed by atoms with Crippen molar-refractivity contribution in [2.75, 3.05) is 19.0 Å². The maximum atomic E-state index is 13.3. The predicted molar refractivity (Wildman–Crippen MR) is 125 cm³/mol. The Morgan fingerprint density at radius 2 is 1.71 bits per heavy atom. The molecule has 0 unspecified atom stereocenters. The molecule has 162 valence electrons. The largest absolute Gasteiger partial charge is 0.495 e. The monoisotopic (exact) mass is 502 g/mol. The van der Waals surface area contributed by atoms with Crippen molar-refractivity contribution in [3.8, 4) is 5.75 Å². The third-order valence-corrected chi connectivity index (χ3v) is 6.94. The highest BCUT2D eigenvalue weighted by Gasteiger charge is 2.27. The van der Waals surface area contributed by atoms with E-state index in [1.165, 1.54) is 23.5 Å². The number of anilines is 1. The number of aryl methyl sites for hydroxylation is 1. The fourth-order valence-corrected chi connectivity index (χ4v) is 4.69. The molecule has 0 aliphatic heterocycles. The van der Waals surface area contributed by atoms with E-state index in [2.05, 4.69) is 21.2 Å². The zero-order chi connectivity index (χ0) is 22.4. The summed E-state index contributed by atoms with van der Waals surface area (Å²) >= 11 is 3.32. The molecule has 3 aromatic rings. The van der Waals surface area contributed by atoms with Gasteiger partial charge in [0, 0.05) is 11.0 Å². The summed E-state index contributed by atoms with van der Waals surface area (Å²) in [5, 5.41) is 2.77. The molecule has 0 bridgehead atoms. The van der Waals surface area contributed by atoms with Gasteiger partial charge < -0.3 is 10.1 Å². The van der Waals surface area contributed by atoms with Gasteiger partial charge in [-0.1, -0.05) is 52.3 Å². The molecule has 1 N–H and O–H groups in total. The highest BCUT2D eigenvalue weighted by Crippen LogP contribution is 2.26. The summed E-state index contributed by atoms with van der Waals surface area (Å²) in [5.74, 6) is 0.0462. The second-order valence-corrected chi connectivity index (χ2v) is 9.82. The molecule has 0 aromatic heterocycles. The van der Waals surface area contributed by atoms with Crippen LogP contribution in [0.15, 0.2) is 82.2 Å². The number of methoxy groups -OCH3 is 1. The number of rotatable bonds is 8. The summed E-state index contributed by atoms with van der Waals surface area (Å²) in [5.41, 5.74) is 2.22. The zero-order valence-corrected chi connectivity index (χ0v) is 19.6. The Labute approximate surface area is 191 Å². The van der Waals surface area contributed by atoms with Crippen molar-refractivity contribution >= 4 is 37.5 Å². The van der Waals surface area contributed by atoms with Crippen LogP contribution >= 0.6 is 15.9 Å². The average Bonchev–Trinajstić information content (AvgIpc) is 2.74. The van der Waals surface area contributed by atoms with Gasteiger partial charge in [-0.15, -0.1) is 0 Å². The van der Waals surface area contributed by atoms with Crippen LogP contribution in [0.5, 0.6) is 5.75 Å². The van der Waals surface area contributed by atoms with Gasteiger partial charge in [0.1, 0.15) is 5.75 Å². The van der Waals surface area contributed by atoms with E-state index in [0.717, 1.165) is 15.6 Å². The number of carbonyl (C=O) groups is 1. The smallest absolute Gasteiger partial charge is 0.243 e. The van der Waals surface area contributed by atoms with Crippen LogP contribution in [0, 0.1) is 6.92 Å². The Bertz CT molecular complexity index is 1150. The molecule has 0 heterocycles. The summed E-state index contributed by atoms with van der Waals surface area (Å²) in [4.78, 5) is 13.0. The van der Waals surface area contributed by atoms with E-state index in [4.69, 9.17) is 4.74 Å². The van der Waals surface area contributed by atoms with Crippen LogP contribution in [0.4, 0.5) is 5.69 Å². The minimum atomic E-state index is -3.91. The lowest BCUT2D eigenvalue weighted by Crippen LogP contribution is -2.37. The van der Waals surface area contributed by atoms with Crippen LogP contribution in [-0.4, -0.2) is 32.3 Å². The number of halogens is 1. The van der Waals surface area contributed by atoms with Crippen LogP contribution < -0.4 is 10.1 Å². The van der Waals surface area contributed by atoms with E-state index < -0.39 is 15.9 Å². The van der Waals surface area contributed by atoms with E-state index in [0.29, 0.717) is 11.4 Å². The number of sulfonamides is 1. The van der Waals surface area contributed by atoms with E-state index in [-0.39, 0.29) is 18.0 Å². The van der Waals surface area contributed by atoms with Crippen LogP contribution in [-0.2, 0) is 21.4 Å². The minimum absolute atomic E-state index is 0.0671. The van der Waals surface area contributed by atoms with Gasteiger partial charge in [-0.3, -0.25) is 4.79 Å². The predicted octanol–water partition coefficient (Wildman–Crippen LogP) is 4.60. The summed E-state index contributed by atoms with van der Waals surface area (Å²) in [7, 11) is -2.39. The van der Waals surface area contributed by atoms with Crippen molar-refractivity contribution in [2.24, 2.45) is 0 Å². The van der Waals surface area contributed by atoms with Crippen molar-refractivity contribution in [1.29, 1.82) is 0 Å². The average molecular weight is 503 g/mol. The van der Waals surface area contributed by atoms with Crippen molar-refractivity contribution in [3.05, 3.63) is 88.4 Å². The zero-order valence-electron chi connectivity index (χ0n) is 17.2. The molecule has 0 spiro atoms. The first-order chi connectivity index (χ1) is 14.8. The Kier molecular flexibility index (Phi) is 7.48. The van der Waals surface area contributed by atoms with Gasteiger partial charge in [0.05, 0.1) is 24.2 Å². The SMILES string of the molecule is COc1ccc(C)cc1NC(=O)CN(Cc1ccccc1)S(=O)(=O)c1ccc(Br)cc1. The van der Waals surface area contributed by atoms with Gasteiger partial charge in [-0.25, -0.2) is 8.42 Å². The molecule has 0 radical (unpaired) electrons. The highest BCUT2D eigenvalue weighted by atomic mass is 79.9. The number of carbonyl (C=O) groups excluding carboxylic acids is 1. The molecule has 0 fully saturated rings. The topological polar surface area (TPSA) is 75.7 Å². The molecule has 0 saturated carbocycles. The van der Waals surface area contributed by atoms with Gasteiger partial charge in [-0.05, 0) is 54.4 Å². The second kappa shape index (κ2) is 10.1. The first kappa shape index (κ1) is 23.0. The first-order valence-corrected chi connectivity index (χ1v) is 11.8. The van der Waals surface area contributed by atoms with E-state index in [1.54, 1.807) is 24.3 Å². The standard InChI is InChI=1S/C23H23BrN2O4S/c1-17-8-13-22(30-2)21(14-17)25-23(27)16-26(15-18-6-4-3-5-7-18)31(28,29)20-11-9-19(24)10-12-20/h3-14H,15-16H2,1-2H3,(H,25,27). The van der Waals surface area contributed by atoms with Gasteiger partial charge in [0.2, 0.25) is 15.9 Å². The maximum Gasteiger partial charge on any atom is 0.243 e. The molecule has 3 rings (SSSR count). The summed E-state index contributed by atoms with van der Waals surface area (Å²) in [6.45, 7) is 1.62. The van der Waals surface area contributed by atoms with Crippen molar-refractivity contribution in [1.82, 2.24) is 4.31 Å². The summed E-state index contributed by atoms with van der Waals surface area (Å²) in [6, 6.07) is 20.9. The molecule has 0 saturated heterocycles. The minimum Gasteiger partial charge on any atom is -0.495 e. The number of benzene rings is 3. The van der Waals surface area contributed by atoms with Crippen LogP contribution in [0.25, 0.3) is 0 Å². The third kappa shape index (κ3) is 5.94. The number of nitrogens with zero attached hydrogens (tertiary/aromatic N) is 1. The van der Waals surface area contributed by atoms with Gasteiger partial charge in [0.25, 0.3) is 0 Å². The third-order valence-electron chi connectivity index (χ3n) is 4.60. The molecule has 8 heteroatoms. The lowest BCUT2D eigenvalue weighted by molar-refractivity contribution is -0.116. The molecule has 6 nitrogen and oxygen atoms in total. The highest BCUT2D eigenvalue weighted by molar-refractivity contribution is 9.10. The molecule has 0 aliphatic rings. The number of hydrogen-bond acceptors (Lipinski definition) is 4. The Morgan fingerprint density at radius 3 is 2.35 bits per heavy atom. The lowest BCUT2D eigenvalue weighted by Gasteiger charge is -2.22. The molecule has 0 atom stereocenters. The fraction of sp³-hybridized carbons (Fsp3) is 0.174. The second-order valence-electron chi connectivity index (χ2n) is 6.96. The van der Waals surface area contributed by atoms with E-state index in [1.807, 2.05) is 43.3 Å². The first-order valence-electron chi connectivity index (χ1n) is 9.54. The number of amides is 1. The van der Waals surface area contributed by atoms with Crippen LogP contribution in [0.2, 0.25) is 0 Å². The number of hydrogen-bond donors (Lipinski definition) is 1. The van der Waals surface area contributed by atoms with Gasteiger partial charge >= 0.3 is 0 Å². The van der Waals surface area contributed by atoms with Crippen molar-refractivity contribution < 1.29 is 17.9 Å². The van der Waals surface area contributed by atoms with E-state index >= 15 is 0 Å².